The van der Waals surface area contributed by atoms with Crippen LogP contribution in [0.5, 0.6) is 6.01 Å². The molecule has 0 aliphatic heterocycles. The second-order valence-corrected chi connectivity index (χ2v) is 4.25. The Morgan fingerprint density at radius 2 is 1.90 bits per heavy atom. The van der Waals surface area contributed by atoms with Gasteiger partial charge in [-0.25, -0.2) is 9.18 Å². The summed E-state index contributed by atoms with van der Waals surface area (Å²) in [7, 11) is 1.44. The average molecular weight is 290 g/mol. The number of methoxy groups -OCH3 is 1. The molecule has 0 amide bonds. The number of hydrogen-bond acceptors (Lipinski definition) is 5. The van der Waals surface area contributed by atoms with Crippen LogP contribution in [0.4, 0.5) is 4.39 Å². The van der Waals surface area contributed by atoms with E-state index in [1.54, 1.807) is 26.0 Å². The third-order valence-corrected chi connectivity index (χ3v) is 2.85. The van der Waals surface area contributed by atoms with E-state index in [4.69, 9.17) is 9.47 Å². The molecule has 0 spiro atoms. The number of hydrogen-bond donors (Lipinski definition) is 0. The molecular weight excluding hydrogens is 275 g/mol. The van der Waals surface area contributed by atoms with Crippen LogP contribution in [0.25, 0.3) is 11.3 Å². The lowest BCUT2D eigenvalue weighted by molar-refractivity contribution is 0.0525. The molecular formula is C15H15FN2O3. The van der Waals surface area contributed by atoms with Crippen LogP contribution >= 0.6 is 0 Å². The average Bonchev–Trinajstić information content (AvgIpc) is 2.47. The molecule has 2 aromatic rings. The van der Waals surface area contributed by atoms with E-state index < -0.39 is 5.97 Å². The first kappa shape index (κ1) is 14.9. The van der Waals surface area contributed by atoms with Crippen molar-refractivity contribution >= 4 is 5.97 Å². The Kier molecular flexibility index (Phi) is 4.47. The van der Waals surface area contributed by atoms with E-state index in [2.05, 4.69) is 9.97 Å². The smallest absolute Gasteiger partial charge is 0.342 e. The quantitative estimate of drug-likeness (QED) is 0.810. The second-order valence-electron chi connectivity index (χ2n) is 4.25. The number of nitrogens with zero attached hydrogens (tertiary/aromatic N) is 2. The van der Waals surface area contributed by atoms with Gasteiger partial charge in [-0.1, -0.05) is 0 Å². The van der Waals surface area contributed by atoms with Crippen molar-refractivity contribution in [1.82, 2.24) is 9.97 Å². The fourth-order valence-corrected chi connectivity index (χ4v) is 1.90. The van der Waals surface area contributed by atoms with Crippen LogP contribution < -0.4 is 4.74 Å². The summed E-state index contributed by atoms with van der Waals surface area (Å²) < 4.78 is 23.1. The Bertz CT molecular complexity index is 657. The van der Waals surface area contributed by atoms with Gasteiger partial charge in [0.05, 0.1) is 25.1 Å². The van der Waals surface area contributed by atoms with Gasteiger partial charge in [-0.3, -0.25) is 0 Å². The Morgan fingerprint density at radius 1 is 1.24 bits per heavy atom. The largest absolute Gasteiger partial charge is 0.467 e. The van der Waals surface area contributed by atoms with Gasteiger partial charge in [-0.2, -0.15) is 9.97 Å². The lowest BCUT2D eigenvalue weighted by Gasteiger charge is -2.12. The molecule has 0 radical (unpaired) electrons. The zero-order chi connectivity index (χ0) is 15.4. The molecule has 1 aromatic carbocycles. The third-order valence-electron chi connectivity index (χ3n) is 2.85. The van der Waals surface area contributed by atoms with Crippen molar-refractivity contribution in [1.29, 1.82) is 0 Å². The molecule has 2 rings (SSSR count). The zero-order valence-electron chi connectivity index (χ0n) is 12.0. The van der Waals surface area contributed by atoms with Gasteiger partial charge >= 0.3 is 12.0 Å². The fraction of sp³-hybridized carbons (Fsp3) is 0.267. The summed E-state index contributed by atoms with van der Waals surface area (Å²) in [4.78, 5) is 20.4. The minimum Gasteiger partial charge on any atom is -0.467 e. The van der Waals surface area contributed by atoms with E-state index in [-0.39, 0.29) is 24.0 Å². The van der Waals surface area contributed by atoms with Gasteiger partial charge in [-0.15, -0.1) is 0 Å². The minimum atomic E-state index is -0.517. The summed E-state index contributed by atoms with van der Waals surface area (Å²) >= 11 is 0. The van der Waals surface area contributed by atoms with Crippen LogP contribution in [0.3, 0.4) is 0 Å². The van der Waals surface area contributed by atoms with Crippen LogP contribution in [0.15, 0.2) is 24.3 Å². The second kappa shape index (κ2) is 6.30. The van der Waals surface area contributed by atoms with Crippen molar-refractivity contribution in [2.45, 2.75) is 13.8 Å². The van der Waals surface area contributed by atoms with E-state index in [9.17, 15) is 9.18 Å². The summed E-state index contributed by atoms with van der Waals surface area (Å²) in [6.07, 6.45) is 0. The van der Waals surface area contributed by atoms with Crippen molar-refractivity contribution in [3.63, 3.8) is 0 Å². The molecule has 0 aliphatic carbocycles. The number of carbonyl (C=O) groups excluding carboxylic acids is 1. The van der Waals surface area contributed by atoms with Gasteiger partial charge in [0.15, 0.2) is 0 Å². The monoisotopic (exact) mass is 290 g/mol. The maximum Gasteiger partial charge on any atom is 0.342 e. The summed E-state index contributed by atoms with van der Waals surface area (Å²) in [6, 6.07) is 5.82. The molecule has 0 unspecified atom stereocenters. The van der Waals surface area contributed by atoms with Crippen molar-refractivity contribution < 1.29 is 18.7 Å². The number of esters is 1. The minimum absolute atomic E-state index is 0.139. The predicted molar refractivity (Wildman–Crippen MR) is 74.7 cm³/mol. The molecule has 5 nitrogen and oxygen atoms in total. The van der Waals surface area contributed by atoms with E-state index in [1.165, 1.54) is 19.2 Å². The normalized spacial score (nSPS) is 10.3. The van der Waals surface area contributed by atoms with Crippen LogP contribution in [0.1, 0.15) is 23.0 Å². The Hall–Kier alpha value is -2.50. The first-order chi connectivity index (χ1) is 10.1. The highest BCUT2D eigenvalue weighted by Crippen LogP contribution is 2.26. The van der Waals surface area contributed by atoms with Gasteiger partial charge in [0.25, 0.3) is 0 Å². The third kappa shape index (κ3) is 3.16. The molecule has 0 N–H and O–H groups in total. The summed E-state index contributed by atoms with van der Waals surface area (Å²) in [5.74, 6) is -0.883. The van der Waals surface area contributed by atoms with Crippen molar-refractivity contribution in [3.8, 4) is 17.3 Å². The van der Waals surface area contributed by atoms with E-state index >= 15 is 0 Å². The standard InChI is InChI=1S/C15H15FN2O3/c1-4-21-14(19)12-9(2)17-15(20-3)18-13(12)10-5-7-11(16)8-6-10/h5-8H,4H2,1-3H3. The van der Waals surface area contributed by atoms with Gasteiger partial charge in [0, 0.05) is 5.56 Å². The number of benzene rings is 1. The molecule has 0 bridgehead atoms. The zero-order valence-corrected chi connectivity index (χ0v) is 12.0. The molecule has 1 heterocycles. The Labute approximate surface area is 121 Å². The number of aryl methyl sites for hydroxylation is 1. The molecule has 0 saturated carbocycles. The number of carbonyl (C=O) groups is 1. The maximum atomic E-state index is 13.1. The summed E-state index contributed by atoms with van der Waals surface area (Å²) in [5.41, 5.74) is 1.64. The first-order valence-electron chi connectivity index (χ1n) is 6.42. The van der Waals surface area contributed by atoms with Crippen molar-refractivity contribution in [2.75, 3.05) is 13.7 Å². The molecule has 21 heavy (non-hydrogen) atoms. The van der Waals surface area contributed by atoms with E-state index in [1.807, 2.05) is 0 Å². The van der Waals surface area contributed by atoms with Gasteiger partial charge < -0.3 is 9.47 Å². The number of aromatic nitrogens is 2. The number of ether oxygens (including phenoxy) is 2. The van der Waals surface area contributed by atoms with Gasteiger partial charge in [0.1, 0.15) is 11.4 Å². The topological polar surface area (TPSA) is 61.3 Å². The van der Waals surface area contributed by atoms with Gasteiger partial charge in [-0.05, 0) is 38.1 Å². The van der Waals surface area contributed by atoms with Crippen LogP contribution in [-0.2, 0) is 4.74 Å². The molecule has 1 aromatic heterocycles. The van der Waals surface area contributed by atoms with Crippen molar-refractivity contribution in [2.24, 2.45) is 0 Å². The lowest BCUT2D eigenvalue weighted by atomic mass is 10.0. The van der Waals surface area contributed by atoms with Crippen LogP contribution in [-0.4, -0.2) is 29.7 Å². The van der Waals surface area contributed by atoms with Crippen molar-refractivity contribution in [3.05, 3.63) is 41.3 Å². The highest BCUT2D eigenvalue weighted by Gasteiger charge is 2.21. The SMILES string of the molecule is CCOC(=O)c1c(C)nc(OC)nc1-c1ccc(F)cc1. The molecule has 0 saturated heterocycles. The first-order valence-corrected chi connectivity index (χ1v) is 6.42. The lowest BCUT2D eigenvalue weighted by Crippen LogP contribution is -2.12. The maximum absolute atomic E-state index is 13.1. The highest BCUT2D eigenvalue weighted by molar-refractivity contribution is 5.97. The number of halogens is 1. The summed E-state index contributed by atoms with van der Waals surface area (Å²) in [6.45, 7) is 3.63. The Balaban J connectivity index is 2.62. The van der Waals surface area contributed by atoms with Crippen LogP contribution in [0.2, 0.25) is 0 Å². The van der Waals surface area contributed by atoms with Gasteiger partial charge in [0.2, 0.25) is 0 Å². The molecule has 6 heteroatoms. The fourth-order valence-electron chi connectivity index (χ4n) is 1.90. The number of rotatable bonds is 4. The molecule has 0 aliphatic rings. The van der Waals surface area contributed by atoms with E-state index in [0.29, 0.717) is 17.0 Å². The van der Waals surface area contributed by atoms with E-state index in [0.717, 1.165) is 0 Å². The molecule has 0 atom stereocenters. The van der Waals surface area contributed by atoms with Crippen LogP contribution in [0, 0.1) is 12.7 Å². The molecule has 110 valence electrons. The Morgan fingerprint density at radius 3 is 2.48 bits per heavy atom. The predicted octanol–water partition coefficient (Wildman–Crippen LogP) is 2.78. The molecule has 0 fully saturated rings. The summed E-state index contributed by atoms with van der Waals surface area (Å²) in [5, 5.41) is 0. The highest BCUT2D eigenvalue weighted by atomic mass is 19.1.